The number of hydrogen-bond acceptors (Lipinski definition) is 6. The quantitative estimate of drug-likeness (QED) is 0.563. The highest BCUT2D eigenvalue weighted by Crippen LogP contribution is 2.46. The van der Waals surface area contributed by atoms with E-state index in [-0.39, 0.29) is 25.4 Å². The number of nitrogens with one attached hydrogen (secondary N) is 1. The molecule has 0 unspecified atom stereocenters. The number of benzene rings is 2. The smallest absolute Gasteiger partial charge is 0.408 e. The van der Waals surface area contributed by atoms with Gasteiger partial charge in [-0.15, -0.1) is 0 Å². The molecular weight excluding hydrogens is 398 g/mol. The van der Waals surface area contributed by atoms with Crippen LogP contribution in [0.25, 0.3) is 0 Å². The molecule has 0 aliphatic heterocycles. The highest BCUT2D eigenvalue weighted by Gasteiger charge is 2.55. The van der Waals surface area contributed by atoms with Crippen LogP contribution >= 0.6 is 0 Å². The Morgan fingerprint density at radius 3 is 2.26 bits per heavy atom. The van der Waals surface area contributed by atoms with Crippen molar-refractivity contribution in [3.8, 4) is 0 Å². The van der Waals surface area contributed by atoms with Crippen LogP contribution in [0.5, 0.6) is 0 Å². The fourth-order valence-electron chi connectivity index (χ4n) is 4.15. The number of methoxy groups -OCH3 is 2. The average molecular weight is 425 g/mol. The number of rotatable bonds is 6. The van der Waals surface area contributed by atoms with Crippen LogP contribution in [0.15, 0.2) is 54.6 Å². The molecule has 0 radical (unpaired) electrons. The maximum atomic E-state index is 12.8. The van der Waals surface area contributed by atoms with E-state index in [4.69, 9.17) is 14.2 Å². The zero-order valence-electron chi connectivity index (χ0n) is 17.9. The van der Waals surface area contributed by atoms with Gasteiger partial charge in [0.25, 0.3) is 0 Å². The molecule has 2 aromatic carbocycles. The molecule has 1 fully saturated rings. The van der Waals surface area contributed by atoms with Crippen LogP contribution in [0, 0.1) is 12.8 Å². The van der Waals surface area contributed by atoms with Crippen LogP contribution in [0.4, 0.5) is 4.79 Å². The van der Waals surface area contributed by atoms with E-state index in [1.54, 1.807) is 0 Å². The van der Waals surface area contributed by atoms with Crippen molar-refractivity contribution in [2.75, 3.05) is 14.2 Å². The van der Waals surface area contributed by atoms with Crippen LogP contribution in [-0.4, -0.2) is 37.8 Å². The highest BCUT2D eigenvalue weighted by molar-refractivity contribution is 5.88. The molecule has 0 aromatic heterocycles. The molecule has 3 rings (SSSR count). The van der Waals surface area contributed by atoms with Crippen molar-refractivity contribution in [1.29, 1.82) is 0 Å². The summed E-state index contributed by atoms with van der Waals surface area (Å²) in [6.45, 7) is 2.03. The van der Waals surface area contributed by atoms with Crippen LogP contribution in [0.2, 0.25) is 0 Å². The Kier molecular flexibility index (Phi) is 6.95. The lowest BCUT2D eigenvalue weighted by Gasteiger charge is -2.27. The number of esters is 2. The van der Waals surface area contributed by atoms with E-state index in [9.17, 15) is 14.4 Å². The minimum atomic E-state index is -1.39. The summed E-state index contributed by atoms with van der Waals surface area (Å²) >= 11 is 0. The minimum absolute atomic E-state index is 0.0608. The molecule has 7 heteroatoms. The molecule has 1 aliphatic rings. The predicted octanol–water partition coefficient (Wildman–Crippen LogP) is 3.50. The molecule has 3 atom stereocenters. The van der Waals surface area contributed by atoms with Gasteiger partial charge in [-0.25, -0.2) is 9.59 Å². The summed E-state index contributed by atoms with van der Waals surface area (Å²) < 4.78 is 15.3. The van der Waals surface area contributed by atoms with Gasteiger partial charge in [0.1, 0.15) is 12.1 Å². The van der Waals surface area contributed by atoms with Crippen molar-refractivity contribution in [2.24, 2.45) is 5.92 Å². The summed E-state index contributed by atoms with van der Waals surface area (Å²) in [5, 5.41) is 2.69. The molecule has 1 N–H and O–H groups in total. The molecule has 0 saturated heterocycles. The molecule has 164 valence electrons. The summed E-state index contributed by atoms with van der Waals surface area (Å²) in [6.07, 6.45) is -0.490. The van der Waals surface area contributed by atoms with Gasteiger partial charge in [0, 0.05) is 5.92 Å². The highest BCUT2D eigenvalue weighted by atomic mass is 16.6. The second-order valence-electron chi connectivity index (χ2n) is 7.82. The summed E-state index contributed by atoms with van der Waals surface area (Å²) in [5.41, 5.74) is 1.40. The van der Waals surface area contributed by atoms with Crippen molar-refractivity contribution >= 4 is 18.0 Å². The maximum absolute atomic E-state index is 12.8. The number of hydrogen-bond donors (Lipinski definition) is 1. The zero-order valence-corrected chi connectivity index (χ0v) is 17.9. The monoisotopic (exact) mass is 425 g/mol. The number of amides is 1. The Morgan fingerprint density at radius 1 is 0.968 bits per heavy atom. The van der Waals surface area contributed by atoms with E-state index in [1.165, 1.54) is 14.2 Å². The van der Waals surface area contributed by atoms with Gasteiger partial charge in [0.05, 0.1) is 20.1 Å². The third-order valence-electron chi connectivity index (χ3n) is 5.76. The van der Waals surface area contributed by atoms with Crippen molar-refractivity contribution < 1.29 is 28.6 Å². The lowest BCUT2D eigenvalue weighted by molar-refractivity contribution is -0.149. The third-order valence-corrected chi connectivity index (χ3v) is 5.76. The van der Waals surface area contributed by atoms with Crippen molar-refractivity contribution in [2.45, 2.75) is 37.8 Å². The van der Waals surface area contributed by atoms with E-state index < -0.39 is 29.5 Å². The Balaban J connectivity index is 1.83. The molecule has 1 amide bonds. The summed E-state index contributed by atoms with van der Waals surface area (Å²) in [6, 6.07) is 17.0. The zero-order chi connectivity index (χ0) is 22.4. The van der Waals surface area contributed by atoms with Crippen LogP contribution < -0.4 is 5.32 Å². The predicted molar refractivity (Wildman–Crippen MR) is 113 cm³/mol. The first-order valence-electron chi connectivity index (χ1n) is 10.1. The molecular formula is C24H27NO6. The number of carbonyl (C=O) groups excluding carboxylic acids is 3. The summed E-state index contributed by atoms with van der Waals surface area (Å²) in [4.78, 5) is 37.9. The van der Waals surface area contributed by atoms with Crippen LogP contribution in [-0.2, 0) is 30.4 Å². The van der Waals surface area contributed by atoms with Gasteiger partial charge >= 0.3 is 18.0 Å². The van der Waals surface area contributed by atoms with Gasteiger partial charge in [-0.3, -0.25) is 4.79 Å². The van der Waals surface area contributed by atoms with Crippen LogP contribution in [0.3, 0.4) is 0 Å². The first-order valence-corrected chi connectivity index (χ1v) is 10.1. The fourth-order valence-corrected chi connectivity index (χ4v) is 4.15. The normalized spacial score (nSPS) is 22.4. The van der Waals surface area contributed by atoms with Gasteiger partial charge < -0.3 is 19.5 Å². The second-order valence-corrected chi connectivity index (χ2v) is 7.82. The van der Waals surface area contributed by atoms with E-state index in [2.05, 4.69) is 5.32 Å². The first kappa shape index (κ1) is 22.3. The van der Waals surface area contributed by atoms with Crippen molar-refractivity contribution in [1.82, 2.24) is 5.32 Å². The summed E-state index contributed by atoms with van der Waals surface area (Å²) in [7, 11) is 2.57. The van der Waals surface area contributed by atoms with E-state index >= 15 is 0 Å². The van der Waals surface area contributed by atoms with E-state index in [0.29, 0.717) is 0 Å². The third kappa shape index (κ3) is 5.05. The topological polar surface area (TPSA) is 90.9 Å². The number of ether oxygens (including phenoxy) is 3. The molecule has 0 heterocycles. The molecule has 0 bridgehead atoms. The van der Waals surface area contributed by atoms with Gasteiger partial charge in [-0.1, -0.05) is 60.2 Å². The molecule has 31 heavy (non-hydrogen) atoms. The van der Waals surface area contributed by atoms with Gasteiger partial charge in [0.15, 0.2) is 0 Å². The van der Waals surface area contributed by atoms with E-state index in [0.717, 1.165) is 16.7 Å². The largest absolute Gasteiger partial charge is 0.469 e. The fraction of sp³-hybridized carbons (Fsp3) is 0.375. The van der Waals surface area contributed by atoms with Gasteiger partial charge in [0.2, 0.25) is 0 Å². The number of aryl methyl sites for hydroxylation is 1. The molecule has 1 aliphatic carbocycles. The average Bonchev–Trinajstić information content (AvgIpc) is 3.18. The lowest BCUT2D eigenvalue weighted by atomic mass is 9.88. The van der Waals surface area contributed by atoms with Crippen molar-refractivity contribution in [3.63, 3.8) is 0 Å². The van der Waals surface area contributed by atoms with E-state index in [1.807, 2.05) is 61.5 Å². The minimum Gasteiger partial charge on any atom is -0.469 e. The Bertz CT molecular complexity index is 927. The Labute approximate surface area is 181 Å². The Morgan fingerprint density at radius 2 is 1.65 bits per heavy atom. The SMILES string of the molecule is COC(=O)[C@@H]1C[C@](NC(=O)OCc2ccccc2)(C(=O)OC)C[C@H]1c1ccc(C)cc1. The number of carbonyl (C=O) groups is 3. The summed E-state index contributed by atoms with van der Waals surface area (Å²) in [5.74, 6) is -1.98. The molecule has 7 nitrogen and oxygen atoms in total. The number of alkyl carbamates (subject to hydrolysis) is 1. The molecule has 1 saturated carbocycles. The lowest BCUT2D eigenvalue weighted by Crippen LogP contribution is -2.53. The molecule has 2 aromatic rings. The second kappa shape index (κ2) is 9.64. The molecule has 0 spiro atoms. The first-order chi connectivity index (χ1) is 14.9. The maximum Gasteiger partial charge on any atom is 0.408 e. The van der Waals surface area contributed by atoms with Gasteiger partial charge in [-0.2, -0.15) is 0 Å². The standard InChI is InChI=1S/C24H27NO6/c1-16-9-11-18(12-10-16)19-13-24(22(27)30-3,14-20(19)21(26)29-2)25-23(28)31-15-17-7-5-4-6-8-17/h4-12,19-20H,13-15H2,1-3H3,(H,25,28)/t19-,20+,24-/m0/s1. The van der Waals surface area contributed by atoms with Gasteiger partial charge in [-0.05, 0) is 30.9 Å². The van der Waals surface area contributed by atoms with Crippen LogP contribution in [0.1, 0.15) is 35.4 Å². The van der Waals surface area contributed by atoms with Crippen molar-refractivity contribution in [3.05, 3.63) is 71.3 Å². The Hall–Kier alpha value is -3.35.